The third-order valence-electron chi connectivity index (χ3n) is 3.16. The number of rotatable bonds is 8. The van der Waals surface area contributed by atoms with E-state index in [4.69, 9.17) is 9.47 Å². The first-order valence-corrected chi connectivity index (χ1v) is 8.16. The second kappa shape index (κ2) is 8.86. The standard InChI is InChI=1S/C17H21BrN2O3/c1-12(21)8-20-10-14-6-15(18)17(16(7-14)22-2)23-11-13-4-3-5-19-9-13/h3-7,9,12,20-21H,8,10-11H2,1-2H3. The lowest BCUT2D eigenvalue weighted by Crippen LogP contribution is -2.23. The van der Waals surface area contributed by atoms with E-state index in [0.717, 1.165) is 15.6 Å². The third-order valence-corrected chi connectivity index (χ3v) is 3.75. The van der Waals surface area contributed by atoms with Crippen LogP contribution in [0.4, 0.5) is 0 Å². The van der Waals surface area contributed by atoms with Gasteiger partial charge in [0.05, 0.1) is 17.7 Å². The van der Waals surface area contributed by atoms with Gasteiger partial charge in [0.15, 0.2) is 11.5 Å². The minimum atomic E-state index is -0.373. The van der Waals surface area contributed by atoms with E-state index in [-0.39, 0.29) is 6.10 Å². The molecule has 2 N–H and O–H groups in total. The Kier molecular flexibility index (Phi) is 6.83. The SMILES string of the molecule is COc1cc(CNCC(C)O)cc(Br)c1OCc1cccnc1. The summed E-state index contributed by atoms with van der Waals surface area (Å²) in [5, 5.41) is 12.5. The van der Waals surface area contributed by atoms with E-state index in [1.165, 1.54) is 0 Å². The summed E-state index contributed by atoms with van der Waals surface area (Å²) < 4.78 is 12.1. The topological polar surface area (TPSA) is 63.6 Å². The fraction of sp³-hybridized carbons (Fsp3) is 0.353. The summed E-state index contributed by atoms with van der Waals surface area (Å²) in [5.74, 6) is 1.33. The van der Waals surface area contributed by atoms with Crippen molar-refractivity contribution in [3.05, 3.63) is 52.3 Å². The highest BCUT2D eigenvalue weighted by Gasteiger charge is 2.12. The molecule has 2 rings (SSSR count). The number of pyridine rings is 1. The Hall–Kier alpha value is -1.63. The number of hydrogen-bond donors (Lipinski definition) is 2. The summed E-state index contributed by atoms with van der Waals surface area (Å²) in [5.41, 5.74) is 2.03. The first-order valence-electron chi connectivity index (χ1n) is 7.37. The molecule has 0 spiro atoms. The van der Waals surface area contributed by atoms with Gasteiger partial charge in [-0.1, -0.05) is 6.07 Å². The summed E-state index contributed by atoms with van der Waals surface area (Å²) in [6, 6.07) is 7.75. The lowest BCUT2D eigenvalue weighted by molar-refractivity contribution is 0.191. The summed E-state index contributed by atoms with van der Waals surface area (Å²) in [7, 11) is 1.62. The molecule has 0 fully saturated rings. The van der Waals surface area contributed by atoms with E-state index in [9.17, 15) is 5.11 Å². The molecule has 6 heteroatoms. The van der Waals surface area contributed by atoms with Crippen LogP contribution in [-0.4, -0.2) is 29.8 Å². The lowest BCUT2D eigenvalue weighted by atomic mass is 10.2. The third kappa shape index (κ3) is 5.49. The van der Waals surface area contributed by atoms with Crippen molar-refractivity contribution < 1.29 is 14.6 Å². The van der Waals surface area contributed by atoms with Crippen molar-refractivity contribution in [2.24, 2.45) is 0 Å². The van der Waals surface area contributed by atoms with E-state index in [2.05, 4.69) is 26.2 Å². The highest BCUT2D eigenvalue weighted by molar-refractivity contribution is 9.10. The van der Waals surface area contributed by atoms with E-state index in [0.29, 0.717) is 31.2 Å². The molecule has 0 saturated carbocycles. The van der Waals surface area contributed by atoms with Crippen LogP contribution in [0, 0.1) is 0 Å². The van der Waals surface area contributed by atoms with E-state index >= 15 is 0 Å². The highest BCUT2D eigenvalue weighted by atomic mass is 79.9. The molecule has 23 heavy (non-hydrogen) atoms. The van der Waals surface area contributed by atoms with Gasteiger partial charge in [0, 0.05) is 31.0 Å². The Balaban J connectivity index is 2.07. The molecule has 1 unspecified atom stereocenters. The van der Waals surface area contributed by atoms with E-state index in [1.54, 1.807) is 26.4 Å². The van der Waals surface area contributed by atoms with Crippen LogP contribution in [0.1, 0.15) is 18.1 Å². The Morgan fingerprint density at radius 3 is 2.83 bits per heavy atom. The molecule has 1 atom stereocenters. The van der Waals surface area contributed by atoms with Crippen molar-refractivity contribution in [3.8, 4) is 11.5 Å². The van der Waals surface area contributed by atoms with Gasteiger partial charge in [-0.05, 0) is 46.6 Å². The zero-order valence-corrected chi connectivity index (χ0v) is 14.8. The fourth-order valence-electron chi connectivity index (χ4n) is 2.08. The molecule has 2 aromatic rings. The predicted molar refractivity (Wildman–Crippen MR) is 92.7 cm³/mol. The number of hydrogen-bond acceptors (Lipinski definition) is 5. The normalized spacial score (nSPS) is 12.0. The van der Waals surface area contributed by atoms with E-state index < -0.39 is 0 Å². The maximum Gasteiger partial charge on any atom is 0.175 e. The average Bonchev–Trinajstić information content (AvgIpc) is 2.54. The second-order valence-corrected chi connectivity index (χ2v) is 6.09. The second-order valence-electron chi connectivity index (χ2n) is 5.24. The molecule has 1 heterocycles. The summed E-state index contributed by atoms with van der Waals surface area (Å²) >= 11 is 3.54. The van der Waals surface area contributed by atoms with Crippen molar-refractivity contribution in [2.45, 2.75) is 26.2 Å². The summed E-state index contributed by atoms with van der Waals surface area (Å²) in [6.45, 7) is 3.35. The van der Waals surface area contributed by atoms with Gasteiger partial charge >= 0.3 is 0 Å². The molecule has 0 aliphatic rings. The Morgan fingerprint density at radius 2 is 2.17 bits per heavy atom. The maximum atomic E-state index is 9.29. The number of benzene rings is 1. The molecule has 0 aliphatic heterocycles. The first kappa shape index (κ1) is 17.7. The molecule has 0 amide bonds. The number of aromatic nitrogens is 1. The lowest BCUT2D eigenvalue weighted by Gasteiger charge is -2.15. The quantitative estimate of drug-likeness (QED) is 0.736. The zero-order chi connectivity index (χ0) is 16.7. The van der Waals surface area contributed by atoms with Gasteiger partial charge in [0.25, 0.3) is 0 Å². The van der Waals surface area contributed by atoms with Gasteiger partial charge in [-0.3, -0.25) is 4.98 Å². The molecule has 0 saturated heterocycles. The van der Waals surface area contributed by atoms with Gasteiger partial charge < -0.3 is 19.9 Å². The molecule has 124 valence electrons. The molecule has 1 aromatic heterocycles. The minimum Gasteiger partial charge on any atom is -0.493 e. The number of halogens is 1. The van der Waals surface area contributed by atoms with Crippen molar-refractivity contribution in [2.75, 3.05) is 13.7 Å². The Labute approximate surface area is 144 Å². The zero-order valence-electron chi connectivity index (χ0n) is 13.3. The number of nitrogens with one attached hydrogen (secondary N) is 1. The van der Waals surface area contributed by atoms with Crippen LogP contribution in [-0.2, 0) is 13.2 Å². The van der Waals surface area contributed by atoms with Crippen molar-refractivity contribution in [1.29, 1.82) is 0 Å². The van der Waals surface area contributed by atoms with Crippen LogP contribution in [0.25, 0.3) is 0 Å². The van der Waals surface area contributed by atoms with Crippen LogP contribution < -0.4 is 14.8 Å². The summed E-state index contributed by atoms with van der Waals surface area (Å²) in [4.78, 5) is 4.07. The van der Waals surface area contributed by atoms with Gasteiger partial charge in [-0.15, -0.1) is 0 Å². The van der Waals surface area contributed by atoms with Crippen molar-refractivity contribution >= 4 is 15.9 Å². The Morgan fingerprint density at radius 1 is 1.35 bits per heavy atom. The monoisotopic (exact) mass is 380 g/mol. The summed E-state index contributed by atoms with van der Waals surface area (Å²) in [6.07, 6.45) is 3.13. The first-order chi connectivity index (χ1) is 11.1. The van der Waals surface area contributed by atoms with Gasteiger partial charge in [-0.2, -0.15) is 0 Å². The largest absolute Gasteiger partial charge is 0.493 e. The predicted octanol–water partition coefficient (Wildman–Crippen LogP) is 2.90. The smallest absolute Gasteiger partial charge is 0.175 e. The Bertz CT molecular complexity index is 621. The fourth-order valence-corrected chi connectivity index (χ4v) is 2.68. The highest BCUT2D eigenvalue weighted by Crippen LogP contribution is 2.37. The molecule has 0 radical (unpaired) electrons. The number of nitrogens with zero attached hydrogens (tertiary/aromatic N) is 1. The van der Waals surface area contributed by atoms with E-state index in [1.807, 2.05) is 24.3 Å². The molecule has 5 nitrogen and oxygen atoms in total. The molecule has 0 bridgehead atoms. The van der Waals surface area contributed by atoms with Crippen LogP contribution >= 0.6 is 15.9 Å². The number of ether oxygens (including phenoxy) is 2. The molecular weight excluding hydrogens is 360 g/mol. The molecule has 0 aliphatic carbocycles. The van der Waals surface area contributed by atoms with Gasteiger partial charge in [0.2, 0.25) is 0 Å². The van der Waals surface area contributed by atoms with Crippen LogP contribution in [0.3, 0.4) is 0 Å². The minimum absolute atomic E-state index is 0.373. The van der Waals surface area contributed by atoms with Crippen molar-refractivity contribution in [1.82, 2.24) is 10.3 Å². The van der Waals surface area contributed by atoms with Gasteiger partial charge in [0.1, 0.15) is 6.61 Å². The van der Waals surface area contributed by atoms with Crippen LogP contribution in [0.15, 0.2) is 41.1 Å². The number of aliphatic hydroxyl groups is 1. The average molecular weight is 381 g/mol. The molecule has 1 aromatic carbocycles. The van der Waals surface area contributed by atoms with Crippen LogP contribution in [0.5, 0.6) is 11.5 Å². The van der Waals surface area contributed by atoms with Crippen molar-refractivity contribution in [3.63, 3.8) is 0 Å². The van der Waals surface area contributed by atoms with Gasteiger partial charge in [-0.25, -0.2) is 0 Å². The van der Waals surface area contributed by atoms with Crippen LogP contribution in [0.2, 0.25) is 0 Å². The number of methoxy groups -OCH3 is 1. The number of aliphatic hydroxyl groups excluding tert-OH is 1. The molecular formula is C17H21BrN2O3. The maximum absolute atomic E-state index is 9.29.